The fraction of sp³-hybridized carbons (Fsp3) is 0.333. The first-order valence-electron chi connectivity index (χ1n) is 4.62. The minimum absolute atomic E-state index is 0.167. The molecule has 1 aromatic heterocycles. The fourth-order valence-corrected chi connectivity index (χ4v) is 1.18. The molecule has 0 aliphatic carbocycles. The second-order valence-corrected chi connectivity index (χ2v) is 3.25. The van der Waals surface area contributed by atoms with E-state index in [1.54, 1.807) is 6.92 Å². The summed E-state index contributed by atoms with van der Waals surface area (Å²) in [6, 6.07) is 0. The van der Waals surface area contributed by atoms with Crippen LogP contribution in [0.15, 0.2) is 23.5 Å². The van der Waals surface area contributed by atoms with Crippen LogP contribution in [0, 0.1) is 0 Å². The molecule has 2 heterocycles. The van der Waals surface area contributed by atoms with E-state index in [-0.39, 0.29) is 11.9 Å². The molecule has 78 valence electrons. The van der Waals surface area contributed by atoms with E-state index >= 15 is 0 Å². The van der Waals surface area contributed by atoms with Crippen LogP contribution >= 0.6 is 0 Å². The number of nitrogens with one attached hydrogen (secondary N) is 2. The third-order valence-electron chi connectivity index (χ3n) is 2.26. The number of anilines is 1. The quantitative estimate of drug-likeness (QED) is 0.650. The Balaban J connectivity index is 2.04. The predicted molar refractivity (Wildman–Crippen MR) is 54.0 cm³/mol. The molecule has 0 unspecified atom stereocenters. The van der Waals surface area contributed by atoms with Crippen molar-refractivity contribution in [3.05, 3.63) is 23.5 Å². The molecule has 0 radical (unpaired) electrons. The van der Waals surface area contributed by atoms with E-state index in [0.29, 0.717) is 0 Å². The molecule has 2 N–H and O–H groups in total. The molecule has 6 nitrogen and oxygen atoms in total. The van der Waals surface area contributed by atoms with Crippen molar-refractivity contribution in [2.45, 2.75) is 6.92 Å². The molecule has 6 heteroatoms. The standard InChI is InChI=1S/C9H11N5O/c1-6(7-4-10-5-7)8(15)13-9-11-2-3-12-14-9/h2-3,10H,4-5H2,1H3,(H,11,13,14,15). The van der Waals surface area contributed by atoms with Crippen molar-refractivity contribution in [1.29, 1.82) is 0 Å². The van der Waals surface area contributed by atoms with Gasteiger partial charge in [0.15, 0.2) is 0 Å². The smallest absolute Gasteiger partial charge is 0.253 e. The van der Waals surface area contributed by atoms with E-state index in [1.807, 2.05) is 0 Å². The highest BCUT2D eigenvalue weighted by Gasteiger charge is 2.16. The van der Waals surface area contributed by atoms with Crippen molar-refractivity contribution in [1.82, 2.24) is 20.5 Å². The number of hydrogen-bond donors (Lipinski definition) is 2. The lowest BCUT2D eigenvalue weighted by molar-refractivity contribution is -0.112. The SMILES string of the molecule is CC(C(=O)Nc1nccnn1)=C1CNC1. The maximum Gasteiger partial charge on any atom is 0.253 e. The van der Waals surface area contributed by atoms with E-state index in [0.717, 1.165) is 24.2 Å². The number of hydrogen-bond acceptors (Lipinski definition) is 5. The Kier molecular flexibility index (Phi) is 2.68. The molecule has 0 bridgehead atoms. The zero-order valence-corrected chi connectivity index (χ0v) is 8.32. The summed E-state index contributed by atoms with van der Waals surface area (Å²) in [5.41, 5.74) is 1.84. The van der Waals surface area contributed by atoms with Gasteiger partial charge in [-0.3, -0.25) is 10.1 Å². The molecule has 1 amide bonds. The summed E-state index contributed by atoms with van der Waals surface area (Å²) >= 11 is 0. The highest BCUT2D eigenvalue weighted by Crippen LogP contribution is 2.10. The zero-order chi connectivity index (χ0) is 10.7. The Morgan fingerprint density at radius 3 is 2.80 bits per heavy atom. The number of amides is 1. The maximum atomic E-state index is 11.6. The van der Waals surface area contributed by atoms with Crippen molar-refractivity contribution in [2.24, 2.45) is 0 Å². The normalized spacial score (nSPS) is 14.3. The van der Waals surface area contributed by atoms with Crippen LogP contribution in [-0.4, -0.2) is 34.2 Å². The predicted octanol–water partition coefficient (Wildman–Crippen LogP) is -0.270. The van der Waals surface area contributed by atoms with E-state index in [2.05, 4.69) is 25.8 Å². The number of rotatable bonds is 2. The van der Waals surface area contributed by atoms with Crippen molar-refractivity contribution in [3.63, 3.8) is 0 Å². The Morgan fingerprint density at radius 2 is 2.27 bits per heavy atom. The van der Waals surface area contributed by atoms with Gasteiger partial charge in [-0.15, -0.1) is 5.10 Å². The molecule has 0 atom stereocenters. The van der Waals surface area contributed by atoms with Crippen LogP contribution in [0.2, 0.25) is 0 Å². The van der Waals surface area contributed by atoms with Crippen LogP contribution in [-0.2, 0) is 4.79 Å². The van der Waals surface area contributed by atoms with Crippen molar-refractivity contribution in [2.75, 3.05) is 18.4 Å². The molecule has 0 saturated carbocycles. The summed E-state index contributed by atoms with van der Waals surface area (Å²) in [6.07, 6.45) is 2.94. The highest BCUT2D eigenvalue weighted by atomic mass is 16.1. The molecular weight excluding hydrogens is 194 g/mol. The lowest BCUT2D eigenvalue weighted by Crippen LogP contribution is -2.36. The first-order valence-corrected chi connectivity index (χ1v) is 4.62. The molecule has 2 rings (SSSR count). The molecule has 1 aliphatic rings. The molecule has 1 aliphatic heterocycles. The summed E-state index contributed by atoms with van der Waals surface area (Å²) in [5, 5.41) is 13.0. The first-order chi connectivity index (χ1) is 7.27. The molecular formula is C9H11N5O. The van der Waals surface area contributed by atoms with Crippen LogP contribution in [0.25, 0.3) is 0 Å². The molecule has 0 aromatic carbocycles. The average molecular weight is 205 g/mol. The topological polar surface area (TPSA) is 79.8 Å². The van der Waals surface area contributed by atoms with Gasteiger partial charge in [0, 0.05) is 18.7 Å². The third-order valence-corrected chi connectivity index (χ3v) is 2.26. The molecule has 15 heavy (non-hydrogen) atoms. The number of nitrogens with zero attached hydrogens (tertiary/aromatic N) is 3. The first kappa shape index (κ1) is 9.72. The highest BCUT2D eigenvalue weighted by molar-refractivity contribution is 6.03. The van der Waals surface area contributed by atoms with Crippen LogP contribution in [0.4, 0.5) is 5.95 Å². The van der Waals surface area contributed by atoms with Crippen LogP contribution in [0.3, 0.4) is 0 Å². The summed E-state index contributed by atoms with van der Waals surface area (Å²) in [6.45, 7) is 3.36. The monoisotopic (exact) mass is 205 g/mol. The number of aromatic nitrogens is 3. The Hall–Kier alpha value is -1.82. The molecule has 1 saturated heterocycles. The molecule has 1 aromatic rings. The summed E-state index contributed by atoms with van der Waals surface area (Å²) in [7, 11) is 0. The minimum atomic E-state index is -0.167. The Morgan fingerprint density at radius 1 is 1.47 bits per heavy atom. The van der Waals surface area contributed by atoms with E-state index in [1.165, 1.54) is 12.4 Å². The van der Waals surface area contributed by atoms with Crippen molar-refractivity contribution < 1.29 is 4.79 Å². The largest absolute Gasteiger partial charge is 0.309 e. The van der Waals surface area contributed by atoms with E-state index in [9.17, 15) is 4.79 Å². The van der Waals surface area contributed by atoms with Gasteiger partial charge in [0.05, 0.1) is 12.4 Å². The second kappa shape index (κ2) is 4.14. The number of carbonyl (C=O) groups is 1. The van der Waals surface area contributed by atoms with Gasteiger partial charge >= 0.3 is 0 Å². The van der Waals surface area contributed by atoms with Gasteiger partial charge in [-0.1, -0.05) is 0 Å². The maximum absolute atomic E-state index is 11.6. The second-order valence-electron chi connectivity index (χ2n) is 3.25. The van der Waals surface area contributed by atoms with Crippen molar-refractivity contribution >= 4 is 11.9 Å². The summed E-state index contributed by atoms with van der Waals surface area (Å²) in [5.74, 6) is 0.0641. The van der Waals surface area contributed by atoms with Crippen LogP contribution in [0.1, 0.15) is 6.92 Å². The number of carbonyl (C=O) groups excluding carboxylic acids is 1. The van der Waals surface area contributed by atoms with Gasteiger partial charge in [0.2, 0.25) is 5.95 Å². The molecule has 0 spiro atoms. The van der Waals surface area contributed by atoms with Gasteiger partial charge in [-0.05, 0) is 12.5 Å². The lowest BCUT2D eigenvalue weighted by atomic mass is 10.0. The van der Waals surface area contributed by atoms with Crippen LogP contribution < -0.4 is 10.6 Å². The Labute approximate surface area is 86.8 Å². The van der Waals surface area contributed by atoms with Gasteiger partial charge < -0.3 is 5.32 Å². The van der Waals surface area contributed by atoms with Gasteiger partial charge in [-0.2, -0.15) is 5.10 Å². The van der Waals surface area contributed by atoms with Crippen LogP contribution in [0.5, 0.6) is 0 Å². The lowest BCUT2D eigenvalue weighted by Gasteiger charge is -2.21. The van der Waals surface area contributed by atoms with E-state index < -0.39 is 0 Å². The van der Waals surface area contributed by atoms with E-state index in [4.69, 9.17) is 0 Å². The van der Waals surface area contributed by atoms with Gasteiger partial charge in [-0.25, -0.2) is 4.98 Å². The van der Waals surface area contributed by atoms with Gasteiger partial charge in [0.1, 0.15) is 0 Å². The third kappa shape index (κ3) is 2.16. The average Bonchev–Trinajstić information content (AvgIpc) is 2.16. The minimum Gasteiger partial charge on any atom is -0.309 e. The molecule has 1 fully saturated rings. The summed E-state index contributed by atoms with van der Waals surface area (Å²) in [4.78, 5) is 15.5. The van der Waals surface area contributed by atoms with Crippen molar-refractivity contribution in [3.8, 4) is 0 Å². The zero-order valence-electron chi connectivity index (χ0n) is 8.32. The summed E-state index contributed by atoms with van der Waals surface area (Å²) < 4.78 is 0. The Bertz CT molecular complexity index is 394. The van der Waals surface area contributed by atoms with Gasteiger partial charge in [0.25, 0.3) is 5.91 Å². The fourth-order valence-electron chi connectivity index (χ4n) is 1.18.